The molecule has 1 aliphatic rings. The quantitative estimate of drug-likeness (QED) is 0.833. The zero-order chi connectivity index (χ0) is 15.4. The molecule has 22 heavy (non-hydrogen) atoms. The van der Waals surface area contributed by atoms with Crippen LogP contribution in [0.25, 0.3) is 11.3 Å². The fourth-order valence-electron chi connectivity index (χ4n) is 2.15. The highest BCUT2D eigenvalue weighted by Gasteiger charge is 2.29. The largest absolute Gasteiger partial charge is 0.461 e. The number of amides is 2. The van der Waals surface area contributed by atoms with Crippen molar-refractivity contribution in [3.05, 3.63) is 48.2 Å². The van der Waals surface area contributed by atoms with Crippen LogP contribution in [0.1, 0.15) is 25.0 Å². The van der Waals surface area contributed by atoms with E-state index in [1.807, 2.05) is 42.5 Å². The van der Waals surface area contributed by atoms with Crippen molar-refractivity contribution in [1.29, 1.82) is 0 Å². The van der Waals surface area contributed by atoms with Crippen LogP contribution in [0.4, 0.5) is 0 Å². The lowest BCUT2D eigenvalue weighted by Crippen LogP contribution is -2.42. The minimum Gasteiger partial charge on any atom is -0.461 e. The van der Waals surface area contributed by atoms with Crippen molar-refractivity contribution in [2.45, 2.75) is 25.7 Å². The molecule has 2 amide bonds. The SMILES string of the molecule is O=C(CCc1ccc(-c2ccccc2)o1)NNC(=O)C1CC1. The van der Waals surface area contributed by atoms with E-state index in [0.717, 1.165) is 29.9 Å². The first-order valence-corrected chi connectivity index (χ1v) is 7.45. The molecule has 0 atom stereocenters. The Balaban J connectivity index is 1.46. The van der Waals surface area contributed by atoms with Crippen LogP contribution in [-0.4, -0.2) is 11.8 Å². The predicted molar refractivity (Wildman–Crippen MR) is 81.5 cm³/mol. The number of carbonyl (C=O) groups is 2. The number of nitrogens with one attached hydrogen (secondary N) is 2. The van der Waals surface area contributed by atoms with Crippen LogP contribution in [0, 0.1) is 5.92 Å². The first-order valence-electron chi connectivity index (χ1n) is 7.45. The van der Waals surface area contributed by atoms with Crippen molar-refractivity contribution in [3.63, 3.8) is 0 Å². The summed E-state index contributed by atoms with van der Waals surface area (Å²) in [4.78, 5) is 23.1. The highest BCUT2D eigenvalue weighted by atomic mass is 16.3. The molecule has 2 N–H and O–H groups in total. The minimum atomic E-state index is -0.216. The van der Waals surface area contributed by atoms with Crippen molar-refractivity contribution in [2.75, 3.05) is 0 Å². The molecule has 0 spiro atoms. The van der Waals surface area contributed by atoms with Gasteiger partial charge in [-0.1, -0.05) is 30.3 Å². The van der Waals surface area contributed by atoms with E-state index >= 15 is 0 Å². The van der Waals surface area contributed by atoms with E-state index in [9.17, 15) is 9.59 Å². The van der Waals surface area contributed by atoms with Crippen LogP contribution in [0.3, 0.4) is 0 Å². The van der Waals surface area contributed by atoms with Gasteiger partial charge in [0.05, 0.1) is 0 Å². The molecule has 1 aromatic carbocycles. The van der Waals surface area contributed by atoms with Crippen LogP contribution in [0.5, 0.6) is 0 Å². The summed E-state index contributed by atoms with van der Waals surface area (Å²) in [7, 11) is 0. The average Bonchev–Trinajstić information content (AvgIpc) is 3.30. The predicted octanol–water partition coefficient (Wildman–Crippen LogP) is 2.44. The molecule has 0 bridgehead atoms. The first-order chi connectivity index (χ1) is 10.7. The summed E-state index contributed by atoms with van der Waals surface area (Å²) in [6.07, 6.45) is 2.59. The molecule has 5 heteroatoms. The molecule has 114 valence electrons. The van der Waals surface area contributed by atoms with E-state index in [0.29, 0.717) is 6.42 Å². The van der Waals surface area contributed by atoms with Gasteiger partial charge < -0.3 is 4.42 Å². The van der Waals surface area contributed by atoms with Crippen molar-refractivity contribution in [2.24, 2.45) is 5.92 Å². The molecule has 2 aromatic rings. The number of hydrazine groups is 1. The molecule has 1 fully saturated rings. The maximum Gasteiger partial charge on any atom is 0.241 e. The molecule has 1 saturated carbocycles. The molecule has 0 saturated heterocycles. The van der Waals surface area contributed by atoms with E-state index in [1.54, 1.807) is 0 Å². The molecule has 1 aliphatic carbocycles. The summed E-state index contributed by atoms with van der Waals surface area (Å²) >= 11 is 0. The maximum atomic E-state index is 11.7. The highest BCUT2D eigenvalue weighted by Crippen LogP contribution is 2.28. The van der Waals surface area contributed by atoms with Crippen molar-refractivity contribution in [3.8, 4) is 11.3 Å². The van der Waals surface area contributed by atoms with Crippen LogP contribution in [0.15, 0.2) is 46.9 Å². The molecule has 1 heterocycles. The summed E-state index contributed by atoms with van der Waals surface area (Å²) in [5, 5.41) is 0. The van der Waals surface area contributed by atoms with Gasteiger partial charge in [0.1, 0.15) is 11.5 Å². The standard InChI is InChI=1S/C17H18N2O3/c20-16(18-19-17(21)13-6-7-13)11-9-14-8-10-15(22-14)12-4-2-1-3-5-12/h1-5,8,10,13H,6-7,9,11H2,(H,18,20)(H,19,21). The molecule has 5 nitrogen and oxygen atoms in total. The number of hydrogen-bond acceptors (Lipinski definition) is 3. The van der Waals surface area contributed by atoms with Crippen molar-refractivity contribution >= 4 is 11.8 Å². The van der Waals surface area contributed by atoms with E-state index in [4.69, 9.17) is 4.42 Å². The van der Waals surface area contributed by atoms with E-state index in [-0.39, 0.29) is 24.2 Å². The second-order valence-electron chi connectivity index (χ2n) is 5.44. The molecule has 0 unspecified atom stereocenters. The van der Waals surface area contributed by atoms with Gasteiger partial charge in [-0.15, -0.1) is 0 Å². The van der Waals surface area contributed by atoms with Crippen molar-refractivity contribution in [1.82, 2.24) is 10.9 Å². The minimum absolute atomic E-state index is 0.0822. The van der Waals surface area contributed by atoms with E-state index < -0.39 is 0 Å². The summed E-state index contributed by atoms with van der Waals surface area (Å²) in [6, 6.07) is 13.6. The third-order valence-corrected chi connectivity index (χ3v) is 3.59. The Kier molecular flexibility index (Phi) is 4.23. The highest BCUT2D eigenvalue weighted by molar-refractivity contribution is 5.84. The second-order valence-corrected chi connectivity index (χ2v) is 5.44. The number of hydrogen-bond donors (Lipinski definition) is 2. The Morgan fingerprint density at radius 1 is 1.05 bits per heavy atom. The van der Waals surface area contributed by atoms with Crippen molar-refractivity contribution < 1.29 is 14.0 Å². The van der Waals surface area contributed by atoms with Gasteiger partial charge in [0.15, 0.2) is 0 Å². The first kappa shape index (κ1) is 14.4. The molecule has 1 aromatic heterocycles. The summed E-state index contributed by atoms with van der Waals surface area (Å²) in [5.74, 6) is 1.31. The topological polar surface area (TPSA) is 71.3 Å². The number of furan rings is 1. The van der Waals surface area contributed by atoms with Crippen LogP contribution in [0.2, 0.25) is 0 Å². The fraction of sp³-hybridized carbons (Fsp3) is 0.294. The van der Waals surface area contributed by atoms with Gasteiger partial charge >= 0.3 is 0 Å². The molecule has 0 radical (unpaired) electrons. The fourth-order valence-corrected chi connectivity index (χ4v) is 2.15. The Hall–Kier alpha value is -2.56. The Morgan fingerprint density at radius 3 is 2.55 bits per heavy atom. The van der Waals surface area contributed by atoms with E-state index in [2.05, 4.69) is 10.9 Å². The van der Waals surface area contributed by atoms with Gasteiger partial charge in [-0.05, 0) is 25.0 Å². The second kappa shape index (κ2) is 6.47. The monoisotopic (exact) mass is 298 g/mol. The van der Waals surface area contributed by atoms with Gasteiger partial charge in [-0.2, -0.15) is 0 Å². The van der Waals surface area contributed by atoms with Gasteiger partial charge in [0, 0.05) is 24.3 Å². The lowest BCUT2D eigenvalue weighted by atomic mass is 10.2. The number of aryl methyl sites for hydroxylation is 1. The summed E-state index contributed by atoms with van der Waals surface area (Å²) in [6.45, 7) is 0. The van der Waals surface area contributed by atoms with Crippen LogP contribution >= 0.6 is 0 Å². The van der Waals surface area contributed by atoms with Gasteiger partial charge in [-0.25, -0.2) is 0 Å². The van der Waals surface area contributed by atoms with Gasteiger partial charge in [0.2, 0.25) is 11.8 Å². The van der Waals surface area contributed by atoms with Gasteiger partial charge in [0.25, 0.3) is 0 Å². The zero-order valence-corrected chi connectivity index (χ0v) is 12.2. The number of carbonyl (C=O) groups excluding carboxylic acids is 2. The Morgan fingerprint density at radius 2 is 1.82 bits per heavy atom. The third-order valence-electron chi connectivity index (χ3n) is 3.59. The molecule has 0 aliphatic heterocycles. The lowest BCUT2D eigenvalue weighted by molar-refractivity contribution is -0.129. The number of rotatable bonds is 5. The normalized spacial score (nSPS) is 13.6. The zero-order valence-electron chi connectivity index (χ0n) is 12.2. The lowest BCUT2D eigenvalue weighted by Gasteiger charge is -2.05. The summed E-state index contributed by atoms with van der Waals surface area (Å²) in [5.41, 5.74) is 5.88. The average molecular weight is 298 g/mol. The maximum absolute atomic E-state index is 11.7. The summed E-state index contributed by atoms with van der Waals surface area (Å²) < 4.78 is 5.73. The molecular formula is C17H18N2O3. The Bertz CT molecular complexity index is 660. The van der Waals surface area contributed by atoms with Gasteiger partial charge in [-0.3, -0.25) is 20.4 Å². The molecule has 3 rings (SSSR count). The van der Waals surface area contributed by atoms with Crippen LogP contribution < -0.4 is 10.9 Å². The smallest absolute Gasteiger partial charge is 0.241 e. The Labute approximate surface area is 128 Å². The van der Waals surface area contributed by atoms with Crippen LogP contribution in [-0.2, 0) is 16.0 Å². The molecular weight excluding hydrogens is 280 g/mol. The van der Waals surface area contributed by atoms with E-state index in [1.165, 1.54) is 0 Å². The number of benzene rings is 1. The third kappa shape index (κ3) is 3.75.